The Morgan fingerprint density at radius 1 is 1.60 bits per heavy atom. The average molecular weight is 135 g/mol. The van der Waals surface area contributed by atoms with Gasteiger partial charge in [-0.2, -0.15) is 0 Å². The van der Waals surface area contributed by atoms with Gasteiger partial charge >= 0.3 is 0 Å². The fourth-order valence-electron chi connectivity index (χ4n) is 0.212. The summed E-state index contributed by atoms with van der Waals surface area (Å²) in [6, 6.07) is 0. The predicted molar refractivity (Wildman–Crippen MR) is 35.9 cm³/mol. The summed E-state index contributed by atoms with van der Waals surface area (Å²) in [5.74, 6) is 0. The van der Waals surface area contributed by atoms with Crippen molar-refractivity contribution in [1.82, 2.24) is 0 Å². The molecule has 0 bridgehead atoms. The van der Waals surface area contributed by atoms with Crippen molar-refractivity contribution in [2.24, 2.45) is 0 Å². The van der Waals surface area contributed by atoms with Gasteiger partial charge in [-0.05, 0) is 18.0 Å². The zero-order valence-electron chi connectivity index (χ0n) is 5.47. The Hall–Kier alpha value is -1.74. The maximum Gasteiger partial charge on any atom is 0.293 e. The highest BCUT2D eigenvalue weighted by atomic mass is 16.6. The van der Waals surface area contributed by atoms with Crippen LogP contribution in [0.3, 0.4) is 0 Å². The minimum Gasteiger partial charge on any atom is -0.258 e. The Kier molecular flexibility index (Phi) is 3.44. The summed E-state index contributed by atoms with van der Waals surface area (Å²) in [5.41, 5.74) is 8.93. The lowest BCUT2D eigenvalue weighted by molar-refractivity contribution is -0.424. The molecule has 3 nitrogen and oxygen atoms in total. The van der Waals surface area contributed by atoms with E-state index in [1.807, 2.05) is 0 Å². The molecule has 0 heterocycles. The van der Waals surface area contributed by atoms with E-state index in [1.165, 1.54) is 6.92 Å². The highest BCUT2D eigenvalue weighted by Gasteiger charge is 1.95. The molecule has 0 fully saturated rings. The van der Waals surface area contributed by atoms with Crippen molar-refractivity contribution in [2.75, 3.05) is 0 Å². The van der Waals surface area contributed by atoms with Gasteiger partial charge in [0.05, 0.1) is 4.92 Å². The molecule has 0 aliphatic rings. The molecule has 0 spiro atoms. The second kappa shape index (κ2) is 4.17. The molecular formula is C7H5NO2. The third kappa shape index (κ3) is 3.29. The first kappa shape index (κ1) is 8.26. The van der Waals surface area contributed by atoms with Gasteiger partial charge in [0.25, 0.3) is 5.70 Å². The smallest absolute Gasteiger partial charge is 0.258 e. The number of hydrogen-bond acceptors (Lipinski definition) is 2. The molecule has 3 heteroatoms. The van der Waals surface area contributed by atoms with Crippen molar-refractivity contribution in [3.63, 3.8) is 0 Å². The normalized spacial score (nSPS) is 6.10. The topological polar surface area (TPSA) is 43.1 Å². The Labute approximate surface area is 58.1 Å². The largest absolute Gasteiger partial charge is 0.293 e. The Morgan fingerprint density at radius 2 is 2.20 bits per heavy atom. The van der Waals surface area contributed by atoms with Crippen LogP contribution >= 0.6 is 0 Å². The van der Waals surface area contributed by atoms with Gasteiger partial charge in [0, 0.05) is 12.7 Å². The van der Waals surface area contributed by atoms with Gasteiger partial charge in [-0.3, -0.25) is 10.1 Å². The third-order valence-corrected chi connectivity index (χ3v) is 0.668. The molecule has 0 atom stereocenters. The number of allylic oxidation sites excluding steroid dienone is 1. The van der Waals surface area contributed by atoms with E-state index in [2.05, 4.69) is 29.5 Å². The summed E-state index contributed by atoms with van der Waals surface area (Å²) in [7, 11) is 0. The molecule has 0 rings (SSSR count). The first-order chi connectivity index (χ1) is 4.68. The van der Waals surface area contributed by atoms with E-state index in [1.54, 1.807) is 0 Å². The molecule has 10 heavy (non-hydrogen) atoms. The van der Waals surface area contributed by atoms with E-state index in [9.17, 15) is 10.1 Å². The van der Waals surface area contributed by atoms with Crippen LogP contribution < -0.4 is 0 Å². The second-order valence-corrected chi connectivity index (χ2v) is 1.39. The summed E-state index contributed by atoms with van der Waals surface area (Å²) in [5, 5.41) is 9.90. The van der Waals surface area contributed by atoms with Crippen LogP contribution in [0.25, 0.3) is 0 Å². The van der Waals surface area contributed by atoms with Crippen LogP contribution in [-0.4, -0.2) is 4.92 Å². The maximum atomic E-state index is 9.90. The Balaban J connectivity index is 4.97. The highest BCUT2D eigenvalue weighted by Crippen LogP contribution is 1.86. The number of rotatable bonds is 1. The number of nitrogens with zero attached hydrogens (tertiary/aromatic N) is 1. The predicted octanol–water partition coefficient (Wildman–Crippen LogP) is 1.42. The lowest BCUT2D eigenvalue weighted by Crippen LogP contribution is -1.90. The minimum absolute atomic E-state index is 0.109. The number of hydrogen-bond donors (Lipinski definition) is 0. The standard InChI is InChI=1S/C7H5NO2/c1-3-4-5-6-7(2)8(9)10/h1H2,2H3. The van der Waals surface area contributed by atoms with E-state index in [4.69, 9.17) is 0 Å². The van der Waals surface area contributed by atoms with E-state index in [0.717, 1.165) is 0 Å². The van der Waals surface area contributed by atoms with Crippen LogP contribution in [0.5, 0.6) is 0 Å². The molecule has 0 saturated carbocycles. The Bertz CT molecular complexity index is 292. The number of nitro groups is 1. The Morgan fingerprint density at radius 3 is 2.60 bits per heavy atom. The summed E-state index contributed by atoms with van der Waals surface area (Å²) in [6.07, 6.45) is 0. The van der Waals surface area contributed by atoms with Crippen LogP contribution in [-0.2, 0) is 0 Å². The fraction of sp³-hybridized carbons (Fsp3) is 0.143. The van der Waals surface area contributed by atoms with E-state index >= 15 is 0 Å². The molecule has 0 N–H and O–H groups in total. The summed E-state index contributed by atoms with van der Waals surface area (Å²) >= 11 is 0. The van der Waals surface area contributed by atoms with Crippen molar-refractivity contribution >= 4 is 0 Å². The molecular weight excluding hydrogens is 130 g/mol. The van der Waals surface area contributed by atoms with Crippen molar-refractivity contribution in [3.8, 4) is 0 Å². The van der Waals surface area contributed by atoms with Crippen LogP contribution in [0.15, 0.2) is 35.2 Å². The summed E-state index contributed by atoms with van der Waals surface area (Å²) in [6.45, 7) is 4.50. The summed E-state index contributed by atoms with van der Waals surface area (Å²) < 4.78 is 0. The molecule has 0 saturated heterocycles. The van der Waals surface area contributed by atoms with Crippen LogP contribution in [0, 0.1) is 10.1 Å². The molecule has 0 aromatic rings. The minimum atomic E-state index is -0.558. The molecule has 0 amide bonds. The van der Waals surface area contributed by atoms with E-state index < -0.39 is 4.92 Å². The quantitative estimate of drug-likeness (QED) is 0.310. The van der Waals surface area contributed by atoms with E-state index in [-0.39, 0.29) is 5.70 Å². The van der Waals surface area contributed by atoms with Gasteiger partial charge in [0.1, 0.15) is 0 Å². The first-order valence-electron chi connectivity index (χ1n) is 2.44. The van der Waals surface area contributed by atoms with Crippen molar-refractivity contribution in [3.05, 3.63) is 45.3 Å². The lowest BCUT2D eigenvalue weighted by Gasteiger charge is -1.77. The van der Waals surface area contributed by atoms with Gasteiger partial charge in [-0.1, -0.05) is 5.73 Å². The lowest BCUT2D eigenvalue weighted by atomic mass is 10.5. The fourth-order valence-corrected chi connectivity index (χ4v) is 0.212. The molecule has 0 unspecified atom stereocenters. The van der Waals surface area contributed by atoms with Crippen LogP contribution in [0.2, 0.25) is 0 Å². The SMILES string of the molecule is C=C=C=C=C=C(C)[N+](=O)[O-]. The maximum absolute atomic E-state index is 9.90. The van der Waals surface area contributed by atoms with Gasteiger partial charge in [-0.25, -0.2) is 0 Å². The van der Waals surface area contributed by atoms with Gasteiger partial charge < -0.3 is 0 Å². The molecule has 50 valence electrons. The highest BCUT2D eigenvalue weighted by molar-refractivity contribution is 4.89. The molecule has 0 radical (unpaired) electrons. The second-order valence-electron chi connectivity index (χ2n) is 1.39. The first-order valence-corrected chi connectivity index (χ1v) is 2.44. The molecule has 0 aromatic heterocycles. The van der Waals surface area contributed by atoms with Crippen molar-refractivity contribution < 1.29 is 4.92 Å². The molecule has 0 aliphatic carbocycles. The van der Waals surface area contributed by atoms with Crippen LogP contribution in [0.1, 0.15) is 6.92 Å². The van der Waals surface area contributed by atoms with E-state index in [0.29, 0.717) is 0 Å². The third-order valence-electron chi connectivity index (χ3n) is 0.668. The zero-order chi connectivity index (χ0) is 7.98. The molecule has 0 aliphatic heterocycles. The van der Waals surface area contributed by atoms with Crippen molar-refractivity contribution in [2.45, 2.75) is 6.92 Å². The summed E-state index contributed by atoms with van der Waals surface area (Å²) in [4.78, 5) is 9.34. The monoisotopic (exact) mass is 135 g/mol. The van der Waals surface area contributed by atoms with Gasteiger partial charge in [0.2, 0.25) is 0 Å². The molecule has 0 aromatic carbocycles. The van der Waals surface area contributed by atoms with Crippen LogP contribution in [0.4, 0.5) is 0 Å². The average Bonchev–Trinajstić information content (AvgIpc) is 1.88. The van der Waals surface area contributed by atoms with Crippen molar-refractivity contribution in [1.29, 1.82) is 0 Å². The van der Waals surface area contributed by atoms with Gasteiger partial charge in [-0.15, -0.1) is 0 Å². The zero-order valence-corrected chi connectivity index (χ0v) is 5.47. The van der Waals surface area contributed by atoms with Gasteiger partial charge in [0.15, 0.2) is 0 Å².